The number of benzene rings is 1. The van der Waals surface area contributed by atoms with Gasteiger partial charge in [-0.25, -0.2) is 0 Å². The highest BCUT2D eigenvalue weighted by Gasteiger charge is 2.26. The Morgan fingerprint density at radius 2 is 2.10 bits per heavy atom. The van der Waals surface area contributed by atoms with E-state index in [2.05, 4.69) is 21.6 Å². The van der Waals surface area contributed by atoms with E-state index in [1.54, 1.807) is 0 Å². The van der Waals surface area contributed by atoms with Gasteiger partial charge in [0.2, 0.25) is 11.8 Å². The zero-order valence-corrected chi connectivity index (χ0v) is 11.2. The zero-order valence-electron chi connectivity index (χ0n) is 11.2. The van der Waals surface area contributed by atoms with Crippen molar-refractivity contribution in [3.8, 4) is 5.75 Å². The second-order valence-corrected chi connectivity index (χ2v) is 5.51. The van der Waals surface area contributed by atoms with E-state index in [0.29, 0.717) is 31.0 Å². The molecule has 1 N–H and O–H groups in total. The SMILES string of the molecule is c1ccc2c(c1)CC(c1nnc(CNC3CC3)o1)CO2. The van der Waals surface area contributed by atoms with Crippen molar-refractivity contribution in [1.29, 1.82) is 0 Å². The summed E-state index contributed by atoms with van der Waals surface area (Å²) >= 11 is 0. The van der Waals surface area contributed by atoms with Crippen LogP contribution >= 0.6 is 0 Å². The summed E-state index contributed by atoms with van der Waals surface area (Å²) < 4.78 is 11.5. The van der Waals surface area contributed by atoms with Crippen LogP contribution in [0.15, 0.2) is 28.7 Å². The van der Waals surface area contributed by atoms with E-state index in [-0.39, 0.29) is 5.92 Å². The first-order valence-corrected chi connectivity index (χ1v) is 7.15. The fourth-order valence-electron chi connectivity index (χ4n) is 2.51. The zero-order chi connectivity index (χ0) is 13.4. The fourth-order valence-corrected chi connectivity index (χ4v) is 2.51. The number of nitrogens with zero attached hydrogens (tertiary/aromatic N) is 2. The van der Waals surface area contributed by atoms with E-state index >= 15 is 0 Å². The van der Waals surface area contributed by atoms with E-state index < -0.39 is 0 Å². The van der Waals surface area contributed by atoms with E-state index in [1.807, 2.05) is 18.2 Å². The lowest BCUT2D eigenvalue weighted by atomic mass is 9.97. The van der Waals surface area contributed by atoms with Crippen LogP contribution in [0.4, 0.5) is 0 Å². The highest BCUT2D eigenvalue weighted by atomic mass is 16.5. The Balaban J connectivity index is 1.45. The molecule has 2 heterocycles. The quantitative estimate of drug-likeness (QED) is 0.922. The van der Waals surface area contributed by atoms with Crippen molar-refractivity contribution >= 4 is 0 Å². The van der Waals surface area contributed by atoms with Crippen LogP contribution in [0.2, 0.25) is 0 Å². The molecular formula is C15H17N3O2. The summed E-state index contributed by atoms with van der Waals surface area (Å²) in [5.74, 6) is 2.49. The first-order chi connectivity index (χ1) is 9.88. The second kappa shape index (κ2) is 4.90. The Kier molecular flexibility index (Phi) is 2.92. The van der Waals surface area contributed by atoms with Gasteiger partial charge in [0.25, 0.3) is 0 Å². The molecular weight excluding hydrogens is 254 g/mol. The maximum atomic E-state index is 5.76. The number of nitrogens with one attached hydrogen (secondary N) is 1. The minimum Gasteiger partial charge on any atom is -0.492 e. The molecule has 1 aromatic heterocycles. The van der Waals surface area contributed by atoms with Gasteiger partial charge in [0.05, 0.1) is 12.5 Å². The van der Waals surface area contributed by atoms with Crippen molar-refractivity contribution in [3.63, 3.8) is 0 Å². The molecule has 0 spiro atoms. The molecule has 0 saturated heterocycles. The highest BCUT2D eigenvalue weighted by Crippen LogP contribution is 2.31. The van der Waals surface area contributed by atoms with E-state index in [4.69, 9.17) is 9.15 Å². The Morgan fingerprint density at radius 3 is 3.00 bits per heavy atom. The average molecular weight is 271 g/mol. The Labute approximate surface area is 117 Å². The van der Waals surface area contributed by atoms with Gasteiger partial charge in [0.1, 0.15) is 12.4 Å². The first-order valence-electron chi connectivity index (χ1n) is 7.15. The predicted octanol–water partition coefficient (Wildman–Crippen LogP) is 2.04. The molecule has 1 fully saturated rings. The number of ether oxygens (including phenoxy) is 1. The molecule has 1 saturated carbocycles. The molecule has 0 amide bonds. The van der Waals surface area contributed by atoms with E-state index in [0.717, 1.165) is 12.2 Å². The summed E-state index contributed by atoms with van der Waals surface area (Å²) in [5, 5.41) is 11.7. The van der Waals surface area contributed by atoms with Crippen LogP contribution in [-0.4, -0.2) is 22.8 Å². The molecule has 4 rings (SSSR count). The van der Waals surface area contributed by atoms with E-state index in [1.165, 1.54) is 18.4 Å². The molecule has 20 heavy (non-hydrogen) atoms. The maximum absolute atomic E-state index is 5.76. The summed E-state index contributed by atoms with van der Waals surface area (Å²) in [6.45, 7) is 1.27. The van der Waals surface area contributed by atoms with Gasteiger partial charge in [-0.3, -0.25) is 0 Å². The second-order valence-electron chi connectivity index (χ2n) is 5.51. The molecule has 1 aromatic carbocycles. The van der Waals surface area contributed by atoms with Gasteiger partial charge in [-0.2, -0.15) is 0 Å². The van der Waals surface area contributed by atoms with E-state index in [9.17, 15) is 0 Å². The molecule has 0 bridgehead atoms. The maximum Gasteiger partial charge on any atom is 0.230 e. The molecule has 1 atom stereocenters. The third kappa shape index (κ3) is 2.41. The first kappa shape index (κ1) is 11.9. The number of rotatable bonds is 4. The van der Waals surface area contributed by atoms with Crippen molar-refractivity contribution in [3.05, 3.63) is 41.6 Å². The number of para-hydroxylation sites is 1. The van der Waals surface area contributed by atoms with Crippen molar-refractivity contribution in [2.24, 2.45) is 0 Å². The lowest BCUT2D eigenvalue weighted by Crippen LogP contribution is -2.19. The van der Waals surface area contributed by atoms with Crippen LogP contribution in [0.3, 0.4) is 0 Å². The summed E-state index contributed by atoms with van der Waals surface area (Å²) in [5.41, 5.74) is 1.21. The Hall–Kier alpha value is -1.88. The minimum absolute atomic E-state index is 0.159. The lowest BCUT2D eigenvalue weighted by Gasteiger charge is -2.22. The largest absolute Gasteiger partial charge is 0.492 e. The minimum atomic E-state index is 0.159. The number of aromatic nitrogens is 2. The lowest BCUT2D eigenvalue weighted by molar-refractivity contribution is 0.239. The standard InChI is InChI=1S/C15H17N3O2/c1-2-4-13-10(3-1)7-11(9-19-13)15-18-17-14(20-15)8-16-12-5-6-12/h1-4,11-12,16H,5-9H2. The van der Waals surface area contributed by atoms with Gasteiger partial charge < -0.3 is 14.5 Å². The van der Waals surface area contributed by atoms with Gasteiger partial charge in [0.15, 0.2) is 0 Å². The normalized spacial score (nSPS) is 21.3. The van der Waals surface area contributed by atoms with Crippen LogP contribution < -0.4 is 10.1 Å². The Bertz CT molecular complexity index is 607. The molecule has 5 heteroatoms. The summed E-state index contributed by atoms with van der Waals surface area (Å²) in [6, 6.07) is 8.77. The van der Waals surface area contributed by atoms with Crippen LogP contribution in [0, 0.1) is 0 Å². The summed E-state index contributed by atoms with van der Waals surface area (Å²) in [6.07, 6.45) is 3.41. The Morgan fingerprint density at radius 1 is 1.20 bits per heavy atom. The number of fused-ring (bicyclic) bond motifs is 1. The molecule has 1 unspecified atom stereocenters. The number of hydrogen-bond donors (Lipinski definition) is 1. The van der Waals surface area contributed by atoms with Gasteiger partial charge >= 0.3 is 0 Å². The van der Waals surface area contributed by atoms with Gasteiger partial charge in [-0.15, -0.1) is 10.2 Å². The average Bonchev–Trinajstić information content (AvgIpc) is 3.21. The van der Waals surface area contributed by atoms with Crippen LogP contribution in [0.5, 0.6) is 5.75 Å². The monoisotopic (exact) mass is 271 g/mol. The van der Waals surface area contributed by atoms with Gasteiger partial charge in [-0.1, -0.05) is 18.2 Å². The summed E-state index contributed by atoms with van der Waals surface area (Å²) in [7, 11) is 0. The van der Waals surface area contributed by atoms with Crippen molar-refractivity contribution in [2.75, 3.05) is 6.61 Å². The van der Waals surface area contributed by atoms with Gasteiger partial charge in [-0.05, 0) is 30.9 Å². The topological polar surface area (TPSA) is 60.2 Å². The molecule has 0 radical (unpaired) electrons. The van der Waals surface area contributed by atoms with Crippen LogP contribution in [0.1, 0.15) is 36.1 Å². The number of hydrogen-bond acceptors (Lipinski definition) is 5. The molecule has 5 nitrogen and oxygen atoms in total. The molecule has 1 aliphatic carbocycles. The molecule has 2 aliphatic rings. The van der Waals surface area contributed by atoms with Crippen molar-refractivity contribution in [2.45, 2.75) is 37.8 Å². The fraction of sp³-hybridized carbons (Fsp3) is 0.467. The summed E-state index contributed by atoms with van der Waals surface area (Å²) in [4.78, 5) is 0. The van der Waals surface area contributed by atoms with Crippen LogP contribution in [-0.2, 0) is 13.0 Å². The van der Waals surface area contributed by atoms with Crippen LogP contribution in [0.25, 0.3) is 0 Å². The van der Waals surface area contributed by atoms with Crippen molar-refractivity contribution in [1.82, 2.24) is 15.5 Å². The third-order valence-electron chi connectivity index (χ3n) is 3.83. The smallest absolute Gasteiger partial charge is 0.230 e. The highest BCUT2D eigenvalue weighted by molar-refractivity contribution is 5.36. The molecule has 2 aromatic rings. The third-order valence-corrected chi connectivity index (χ3v) is 3.83. The molecule has 104 valence electrons. The van der Waals surface area contributed by atoms with Gasteiger partial charge in [0, 0.05) is 6.04 Å². The predicted molar refractivity (Wildman–Crippen MR) is 72.5 cm³/mol. The molecule has 1 aliphatic heterocycles. The van der Waals surface area contributed by atoms with Crippen molar-refractivity contribution < 1.29 is 9.15 Å².